The standard InChI is InChI=1S/C23H20N4O2/c1-2-29-19-11-9-18(10-12-19)26-23(28)17-8-13-21(25-15-17)27-20-7-3-5-16-6-4-14-24-22(16)20/h3-15H,2H2,1H3,(H,25,27)(H,26,28). The molecule has 6 heteroatoms. The third-order valence-corrected chi connectivity index (χ3v) is 4.34. The summed E-state index contributed by atoms with van der Waals surface area (Å²) in [6.07, 6.45) is 3.31. The normalized spacial score (nSPS) is 10.5. The number of carbonyl (C=O) groups excluding carboxylic acids is 1. The van der Waals surface area contributed by atoms with Gasteiger partial charge in [0.1, 0.15) is 11.6 Å². The van der Waals surface area contributed by atoms with E-state index in [0.717, 1.165) is 22.3 Å². The van der Waals surface area contributed by atoms with Gasteiger partial charge in [0, 0.05) is 23.5 Å². The van der Waals surface area contributed by atoms with Crippen LogP contribution in [0.15, 0.2) is 79.1 Å². The number of nitrogens with one attached hydrogen (secondary N) is 2. The Morgan fingerprint density at radius 1 is 0.966 bits per heavy atom. The lowest BCUT2D eigenvalue weighted by atomic mass is 10.2. The zero-order chi connectivity index (χ0) is 20.1. The molecule has 0 bridgehead atoms. The van der Waals surface area contributed by atoms with E-state index in [9.17, 15) is 4.79 Å². The fourth-order valence-electron chi connectivity index (χ4n) is 2.95. The van der Waals surface area contributed by atoms with Crippen LogP contribution in [0.4, 0.5) is 17.2 Å². The summed E-state index contributed by atoms with van der Waals surface area (Å²) < 4.78 is 5.41. The molecule has 6 nitrogen and oxygen atoms in total. The van der Waals surface area contributed by atoms with Crippen molar-refractivity contribution in [3.8, 4) is 5.75 Å². The summed E-state index contributed by atoms with van der Waals surface area (Å²) in [6, 6.07) is 20.6. The van der Waals surface area contributed by atoms with E-state index < -0.39 is 0 Å². The van der Waals surface area contributed by atoms with Crippen molar-refractivity contribution in [3.05, 3.63) is 84.7 Å². The Kier molecular flexibility index (Phi) is 5.33. The Balaban J connectivity index is 1.45. The van der Waals surface area contributed by atoms with Gasteiger partial charge in [-0.3, -0.25) is 9.78 Å². The van der Waals surface area contributed by atoms with Gasteiger partial charge in [-0.1, -0.05) is 18.2 Å². The number of para-hydroxylation sites is 1. The van der Waals surface area contributed by atoms with Gasteiger partial charge in [-0.25, -0.2) is 4.98 Å². The molecule has 0 aliphatic heterocycles. The van der Waals surface area contributed by atoms with Gasteiger partial charge >= 0.3 is 0 Å². The first-order chi connectivity index (χ1) is 14.2. The van der Waals surface area contributed by atoms with Crippen molar-refractivity contribution in [2.24, 2.45) is 0 Å². The van der Waals surface area contributed by atoms with Crippen LogP contribution in [-0.4, -0.2) is 22.5 Å². The quantitative estimate of drug-likeness (QED) is 0.488. The van der Waals surface area contributed by atoms with Gasteiger partial charge in [0.15, 0.2) is 0 Å². The largest absolute Gasteiger partial charge is 0.494 e. The highest BCUT2D eigenvalue weighted by Crippen LogP contribution is 2.24. The SMILES string of the molecule is CCOc1ccc(NC(=O)c2ccc(Nc3cccc4cccnc34)nc2)cc1. The van der Waals surface area contributed by atoms with Gasteiger partial charge in [0.2, 0.25) is 0 Å². The maximum atomic E-state index is 12.5. The van der Waals surface area contributed by atoms with Crippen LogP contribution in [0.5, 0.6) is 5.75 Å². The number of anilines is 3. The molecule has 0 spiro atoms. The molecule has 0 fully saturated rings. The van der Waals surface area contributed by atoms with E-state index in [1.54, 1.807) is 36.7 Å². The van der Waals surface area contributed by atoms with Crippen LogP contribution in [0.1, 0.15) is 17.3 Å². The Hall–Kier alpha value is -3.93. The third kappa shape index (κ3) is 4.32. The molecule has 0 aliphatic rings. The number of pyridine rings is 2. The summed E-state index contributed by atoms with van der Waals surface area (Å²) in [4.78, 5) is 21.2. The molecule has 0 unspecified atom stereocenters. The molecule has 144 valence electrons. The van der Waals surface area contributed by atoms with E-state index in [1.165, 1.54) is 0 Å². The van der Waals surface area contributed by atoms with Crippen molar-refractivity contribution in [3.63, 3.8) is 0 Å². The molecule has 0 saturated carbocycles. The highest BCUT2D eigenvalue weighted by Gasteiger charge is 2.08. The topological polar surface area (TPSA) is 76.1 Å². The summed E-state index contributed by atoms with van der Waals surface area (Å²) in [5.74, 6) is 1.19. The van der Waals surface area contributed by atoms with Crippen molar-refractivity contribution in [2.75, 3.05) is 17.2 Å². The highest BCUT2D eigenvalue weighted by molar-refractivity contribution is 6.04. The lowest BCUT2D eigenvalue weighted by Gasteiger charge is -2.10. The Bertz CT molecular complexity index is 1120. The molecule has 4 aromatic rings. The van der Waals surface area contributed by atoms with Gasteiger partial charge in [-0.05, 0) is 55.5 Å². The summed E-state index contributed by atoms with van der Waals surface area (Å²) >= 11 is 0. The predicted octanol–water partition coefficient (Wildman–Crippen LogP) is 5.02. The number of hydrogen-bond acceptors (Lipinski definition) is 5. The highest BCUT2D eigenvalue weighted by atomic mass is 16.5. The Morgan fingerprint density at radius 3 is 2.55 bits per heavy atom. The van der Waals surface area contributed by atoms with E-state index in [-0.39, 0.29) is 5.91 Å². The van der Waals surface area contributed by atoms with Gasteiger partial charge < -0.3 is 15.4 Å². The van der Waals surface area contributed by atoms with E-state index in [4.69, 9.17) is 4.74 Å². The molecule has 29 heavy (non-hydrogen) atoms. The minimum Gasteiger partial charge on any atom is -0.494 e. The zero-order valence-corrected chi connectivity index (χ0v) is 15.9. The van der Waals surface area contributed by atoms with Gasteiger partial charge in [-0.15, -0.1) is 0 Å². The van der Waals surface area contributed by atoms with Crippen molar-refractivity contribution < 1.29 is 9.53 Å². The smallest absolute Gasteiger partial charge is 0.257 e. The van der Waals surface area contributed by atoms with Crippen LogP contribution in [0, 0.1) is 0 Å². The fourth-order valence-corrected chi connectivity index (χ4v) is 2.95. The minimum absolute atomic E-state index is 0.222. The molecule has 2 aromatic carbocycles. The zero-order valence-electron chi connectivity index (χ0n) is 15.9. The Labute approximate surface area is 168 Å². The second kappa shape index (κ2) is 8.39. The minimum atomic E-state index is -0.222. The molecular formula is C23H20N4O2. The number of ether oxygens (including phenoxy) is 1. The average Bonchev–Trinajstić information content (AvgIpc) is 2.76. The maximum absolute atomic E-state index is 12.5. The van der Waals surface area contributed by atoms with Crippen LogP contribution >= 0.6 is 0 Å². The third-order valence-electron chi connectivity index (χ3n) is 4.34. The number of carbonyl (C=O) groups is 1. The predicted molar refractivity (Wildman–Crippen MR) is 115 cm³/mol. The summed E-state index contributed by atoms with van der Waals surface area (Å²) in [5, 5.41) is 7.16. The van der Waals surface area contributed by atoms with E-state index in [2.05, 4.69) is 20.6 Å². The first-order valence-electron chi connectivity index (χ1n) is 9.34. The van der Waals surface area contributed by atoms with E-state index in [0.29, 0.717) is 23.7 Å². The van der Waals surface area contributed by atoms with Gasteiger partial charge in [0.25, 0.3) is 5.91 Å². The molecule has 2 aromatic heterocycles. The van der Waals surface area contributed by atoms with Crippen molar-refractivity contribution in [2.45, 2.75) is 6.92 Å². The van der Waals surface area contributed by atoms with Gasteiger partial charge in [0.05, 0.1) is 23.4 Å². The van der Waals surface area contributed by atoms with Crippen molar-refractivity contribution >= 4 is 34.0 Å². The molecule has 0 aliphatic carbocycles. The van der Waals surface area contributed by atoms with Crippen LogP contribution < -0.4 is 15.4 Å². The number of hydrogen-bond donors (Lipinski definition) is 2. The van der Waals surface area contributed by atoms with Crippen molar-refractivity contribution in [1.29, 1.82) is 0 Å². The van der Waals surface area contributed by atoms with E-state index in [1.807, 2.05) is 49.4 Å². The fraction of sp³-hybridized carbons (Fsp3) is 0.0870. The first-order valence-corrected chi connectivity index (χ1v) is 9.34. The van der Waals surface area contributed by atoms with Crippen LogP contribution in [0.25, 0.3) is 10.9 Å². The maximum Gasteiger partial charge on any atom is 0.257 e. The molecule has 2 heterocycles. The molecule has 1 amide bonds. The second-order valence-electron chi connectivity index (χ2n) is 6.35. The van der Waals surface area contributed by atoms with Crippen LogP contribution in [0.2, 0.25) is 0 Å². The summed E-state index contributed by atoms with van der Waals surface area (Å²) in [6.45, 7) is 2.53. The first kappa shape index (κ1) is 18.4. The lowest BCUT2D eigenvalue weighted by Crippen LogP contribution is -2.12. The number of benzene rings is 2. The van der Waals surface area contributed by atoms with Gasteiger partial charge in [-0.2, -0.15) is 0 Å². The molecule has 0 radical (unpaired) electrons. The summed E-state index contributed by atoms with van der Waals surface area (Å²) in [5.41, 5.74) is 2.90. The number of fused-ring (bicyclic) bond motifs is 1. The summed E-state index contributed by atoms with van der Waals surface area (Å²) in [7, 11) is 0. The number of nitrogens with zero attached hydrogens (tertiary/aromatic N) is 2. The van der Waals surface area contributed by atoms with E-state index >= 15 is 0 Å². The van der Waals surface area contributed by atoms with Crippen LogP contribution in [0.3, 0.4) is 0 Å². The molecular weight excluding hydrogens is 364 g/mol. The molecule has 4 rings (SSSR count). The van der Waals surface area contributed by atoms with Crippen molar-refractivity contribution in [1.82, 2.24) is 9.97 Å². The molecule has 0 atom stereocenters. The average molecular weight is 384 g/mol. The lowest BCUT2D eigenvalue weighted by molar-refractivity contribution is 0.102. The van der Waals surface area contributed by atoms with Crippen LogP contribution in [-0.2, 0) is 0 Å². The Morgan fingerprint density at radius 2 is 1.79 bits per heavy atom. The number of aromatic nitrogens is 2. The molecule has 0 saturated heterocycles. The number of rotatable bonds is 6. The second-order valence-corrected chi connectivity index (χ2v) is 6.35. The molecule has 2 N–H and O–H groups in total. The number of amides is 1. The monoisotopic (exact) mass is 384 g/mol.